The molecular weight excluding hydrogens is 504 g/mol. The molecule has 0 spiro atoms. The quantitative estimate of drug-likeness (QED) is 0.132. The van der Waals surface area contributed by atoms with Gasteiger partial charge in [-0.2, -0.15) is 13.2 Å². The number of alkyl halides is 3. The van der Waals surface area contributed by atoms with Crippen LogP contribution in [-0.2, 0) is 6.18 Å². The molecule has 0 aliphatic heterocycles. The van der Waals surface area contributed by atoms with Crippen molar-refractivity contribution >= 4 is 21.5 Å². The van der Waals surface area contributed by atoms with Crippen LogP contribution in [0.5, 0.6) is 5.75 Å². The highest BCUT2D eigenvalue weighted by atomic mass is 19.4. The number of ether oxygens (including phenoxy) is 1. The lowest BCUT2D eigenvalue weighted by atomic mass is 9.85. The summed E-state index contributed by atoms with van der Waals surface area (Å²) in [6.07, 6.45) is -5.69. The molecule has 0 aliphatic carbocycles. The molecule has 188 valence electrons. The normalized spacial score (nSPS) is 11.9. The highest BCUT2D eigenvalue weighted by molar-refractivity contribution is 6.21. The van der Waals surface area contributed by atoms with E-state index in [-0.39, 0.29) is 21.5 Å². The average molecular weight is 518 g/mol. The lowest BCUT2D eigenvalue weighted by Crippen LogP contribution is -2.16. The maximum atomic E-state index is 15.4. The van der Waals surface area contributed by atoms with E-state index in [1.54, 1.807) is 30.3 Å². The van der Waals surface area contributed by atoms with Crippen LogP contribution in [-0.4, -0.2) is 7.11 Å². The number of fused-ring (bicyclic) bond motifs is 2. The zero-order chi connectivity index (χ0) is 26.6. The third-order valence-electron chi connectivity index (χ3n) is 6.17. The predicted molar refractivity (Wildman–Crippen MR) is 124 cm³/mol. The average Bonchev–Trinajstić information content (AvgIpc) is 2.87. The second kappa shape index (κ2) is 8.76. The number of hydrogen-bond acceptors (Lipinski definition) is 1. The van der Waals surface area contributed by atoms with Crippen molar-refractivity contribution in [1.29, 1.82) is 0 Å². The Morgan fingerprint density at radius 3 is 1.65 bits per heavy atom. The van der Waals surface area contributed by atoms with Gasteiger partial charge >= 0.3 is 6.18 Å². The Hall–Kier alpha value is -4.14. The van der Waals surface area contributed by atoms with Crippen LogP contribution in [0.2, 0.25) is 0 Å². The monoisotopic (exact) mass is 518 g/mol. The maximum Gasteiger partial charge on any atom is 0.422 e. The van der Waals surface area contributed by atoms with Crippen molar-refractivity contribution in [3.05, 3.63) is 101 Å². The van der Waals surface area contributed by atoms with E-state index in [9.17, 15) is 22.0 Å². The zero-order valence-corrected chi connectivity index (χ0v) is 18.8. The van der Waals surface area contributed by atoms with Crippen LogP contribution in [0.25, 0.3) is 43.8 Å². The fourth-order valence-electron chi connectivity index (χ4n) is 4.61. The van der Waals surface area contributed by atoms with Gasteiger partial charge in [-0.05, 0) is 39.9 Å². The molecule has 0 aromatic heterocycles. The van der Waals surface area contributed by atoms with E-state index in [1.807, 2.05) is 0 Å². The van der Waals surface area contributed by atoms with Gasteiger partial charge in [0.1, 0.15) is 17.1 Å². The van der Waals surface area contributed by atoms with E-state index in [0.29, 0.717) is 16.9 Å². The first kappa shape index (κ1) is 24.5. The molecule has 0 fully saturated rings. The van der Waals surface area contributed by atoms with Crippen molar-refractivity contribution in [1.82, 2.24) is 0 Å². The molecular formula is C28H14F8O. The molecule has 0 radical (unpaired) electrons. The molecule has 0 aliphatic rings. The van der Waals surface area contributed by atoms with E-state index in [2.05, 4.69) is 0 Å². The molecule has 5 rings (SSSR count). The van der Waals surface area contributed by atoms with Crippen LogP contribution in [0.15, 0.2) is 66.7 Å². The van der Waals surface area contributed by atoms with Gasteiger partial charge in [-0.25, -0.2) is 22.0 Å². The second-order valence-corrected chi connectivity index (χ2v) is 8.19. The Bertz CT molecular complexity index is 1660. The van der Waals surface area contributed by atoms with Gasteiger partial charge in [0.25, 0.3) is 0 Å². The summed E-state index contributed by atoms with van der Waals surface area (Å²) in [5.74, 6) is -9.96. The molecule has 0 bridgehead atoms. The van der Waals surface area contributed by atoms with E-state index in [4.69, 9.17) is 4.74 Å². The van der Waals surface area contributed by atoms with E-state index in [0.717, 1.165) is 6.07 Å². The van der Waals surface area contributed by atoms with Crippen LogP contribution in [0.4, 0.5) is 35.1 Å². The predicted octanol–water partition coefficient (Wildman–Crippen LogP) is 9.05. The highest BCUT2D eigenvalue weighted by Gasteiger charge is 2.43. The Morgan fingerprint density at radius 2 is 1.11 bits per heavy atom. The van der Waals surface area contributed by atoms with Gasteiger partial charge < -0.3 is 4.74 Å². The van der Waals surface area contributed by atoms with Gasteiger partial charge in [0.2, 0.25) is 0 Å². The van der Waals surface area contributed by atoms with Crippen molar-refractivity contribution in [3.63, 3.8) is 0 Å². The SMILES string of the molecule is COc1ccc(-c2c3ccccc3c(-c3c(F)c(F)c(C(F)(F)F)c(F)c3F)c3cccc(F)c23)cc1. The Morgan fingerprint density at radius 1 is 0.568 bits per heavy atom. The summed E-state index contributed by atoms with van der Waals surface area (Å²) < 4.78 is 120. The van der Waals surface area contributed by atoms with Gasteiger partial charge in [-0.3, -0.25) is 0 Å². The molecule has 0 atom stereocenters. The van der Waals surface area contributed by atoms with Crippen LogP contribution in [0.3, 0.4) is 0 Å². The highest BCUT2D eigenvalue weighted by Crippen LogP contribution is 2.48. The minimum atomic E-state index is -5.69. The van der Waals surface area contributed by atoms with Gasteiger partial charge in [0.15, 0.2) is 23.3 Å². The molecule has 0 heterocycles. The molecule has 9 heteroatoms. The summed E-state index contributed by atoms with van der Waals surface area (Å²) in [4.78, 5) is 0. The molecule has 0 N–H and O–H groups in total. The number of rotatable bonds is 3. The van der Waals surface area contributed by atoms with Crippen molar-refractivity contribution in [2.75, 3.05) is 7.11 Å². The first-order valence-corrected chi connectivity index (χ1v) is 10.8. The second-order valence-electron chi connectivity index (χ2n) is 8.19. The zero-order valence-electron chi connectivity index (χ0n) is 18.8. The fourth-order valence-corrected chi connectivity index (χ4v) is 4.61. The molecule has 5 aromatic carbocycles. The van der Waals surface area contributed by atoms with Crippen LogP contribution in [0, 0.1) is 29.1 Å². The molecule has 5 aromatic rings. The minimum absolute atomic E-state index is 0.0442. The molecule has 0 unspecified atom stereocenters. The van der Waals surface area contributed by atoms with Crippen LogP contribution in [0.1, 0.15) is 5.56 Å². The van der Waals surface area contributed by atoms with E-state index in [1.165, 1.54) is 37.4 Å². The summed E-state index contributed by atoms with van der Waals surface area (Å²) in [7, 11) is 1.46. The standard InChI is InChI=1S/C28H14F8O/c1-37-14-11-9-13(10-12-14)19-15-5-2-3-6-16(15)20(17-7-4-8-18(29)21(17)19)22-24(30)26(32)23(28(34,35)36)27(33)25(22)31/h2-12H,1H3. The Labute approximate surface area is 204 Å². The Kier molecular flexibility index (Phi) is 5.81. The first-order valence-electron chi connectivity index (χ1n) is 10.8. The van der Waals surface area contributed by atoms with Gasteiger partial charge in [-0.15, -0.1) is 0 Å². The van der Waals surface area contributed by atoms with E-state index < -0.39 is 52.0 Å². The fraction of sp³-hybridized carbons (Fsp3) is 0.0714. The lowest BCUT2D eigenvalue weighted by Gasteiger charge is -2.20. The maximum absolute atomic E-state index is 15.4. The van der Waals surface area contributed by atoms with Crippen molar-refractivity contribution in [2.45, 2.75) is 6.18 Å². The van der Waals surface area contributed by atoms with Crippen molar-refractivity contribution < 1.29 is 39.9 Å². The topological polar surface area (TPSA) is 9.23 Å². The third kappa shape index (κ3) is 3.77. The number of hydrogen-bond donors (Lipinski definition) is 0. The number of benzene rings is 5. The van der Waals surface area contributed by atoms with Crippen molar-refractivity contribution in [2.24, 2.45) is 0 Å². The summed E-state index contributed by atoms with van der Waals surface area (Å²) >= 11 is 0. The van der Waals surface area contributed by atoms with E-state index >= 15 is 13.2 Å². The largest absolute Gasteiger partial charge is 0.497 e. The number of halogens is 8. The lowest BCUT2D eigenvalue weighted by molar-refractivity contribution is -0.143. The van der Waals surface area contributed by atoms with Gasteiger partial charge in [-0.1, -0.05) is 48.5 Å². The molecule has 0 amide bonds. The molecule has 0 saturated heterocycles. The van der Waals surface area contributed by atoms with Crippen molar-refractivity contribution in [3.8, 4) is 28.0 Å². The van der Waals surface area contributed by atoms with Gasteiger partial charge in [0, 0.05) is 16.5 Å². The Balaban J connectivity index is 2.00. The summed E-state index contributed by atoms with van der Waals surface area (Å²) in [6.45, 7) is 0. The van der Waals surface area contributed by atoms with Crippen LogP contribution < -0.4 is 4.74 Å². The summed E-state index contributed by atoms with van der Waals surface area (Å²) in [5, 5.41) is 0.00400. The van der Waals surface area contributed by atoms with Crippen LogP contribution >= 0.6 is 0 Å². The number of methoxy groups -OCH3 is 1. The third-order valence-corrected chi connectivity index (χ3v) is 6.17. The summed E-state index contributed by atoms with van der Waals surface area (Å²) in [5.41, 5.74) is -3.73. The van der Waals surface area contributed by atoms with Gasteiger partial charge in [0.05, 0.1) is 12.7 Å². The molecule has 1 nitrogen and oxygen atoms in total. The molecule has 0 saturated carbocycles. The molecule has 37 heavy (non-hydrogen) atoms. The smallest absolute Gasteiger partial charge is 0.422 e. The minimum Gasteiger partial charge on any atom is -0.497 e. The summed E-state index contributed by atoms with van der Waals surface area (Å²) in [6, 6.07) is 16.0. The first-order chi connectivity index (χ1) is 17.6.